The molecule has 1 aromatic heterocycles. The molecule has 9 heteroatoms. The lowest BCUT2D eigenvalue weighted by atomic mass is 10.1. The summed E-state index contributed by atoms with van der Waals surface area (Å²) in [7, 11) is 1.67. The molecule has 1 aromatic carbocycles. The highest BCUT2D eigenvalue weighted by Crippen LogP contribution is 2.28. The van der Waals surface area contributed by atoms with Crippen molar-refractivity contribution in [3.63, 3.8) is 0 Å². The molecule has 0 saturated carbocycles. The average Bonchev–Trinajstić information content (AvgIpc) is 2.61. The van der Waals surface area contributed by atoms with Crippen LogP contribution < -0.4 is 9.64 Å². The second-order valence-corrected chi connectivity index (χ2v) is 5.49. The number of ether oxygens (including phenoxy) is 1. The molecule has 9 nitrogen and oxygen atoms in total. The van der Waals surface area contributed by atoms with Crippen molar-refractivity contribution < 1.29 is 14.9 Å². The Morgan fingerprint density at radius 2 is 1.92 bits per heavy atom. The van der Waals surface area contributed by atoms with Crippen LogP contribution in [0.25, 0.3) is 10.9 Å². The third kappa shape index (κ3) is 5.16. The maximum Gasteiger partial charge on any atom is 0.121 e. The summed E-state index contributed by atoms with van der Waals surface area (Å²) >= 11 is 0. The number of fused-ring (bicyclic) bond motifs is 1. The van der Waals surface area contributed by atoms with E-state index >= 15 is 0 Å². The van der Waals surface area contributed by atoms with Gasteiger partial charge < -0.3 is 30.1 Å². The van der Waals surface area contributed by atoms with Gasteiger partial charge in [-0.15, -0.1) is 0 Å². The number of benzene rings is 1. The van der Waals surface area contributed by atoms with Gasteiger partial charge >= 0.3 is 0 Å². The predicted octanol–water partition coefficient (Wildman–Crippen LogP) is 1.12. The van der Waals surface area contributed by atoms with Crippen LogP contribution in [-0.2, 0) is 0 Å². The Morgan fingerprint density at radius 1 is 1.24 bits per heavy atom. The van der Waals surface area contributed by atoms with Gasteiger partial charge in [-0.1, -0.05) is 0 Å². The number of anilines is 1. The monoisotopic (exact) mass is 349 g/mol. The molecule has 2 aromatic rings. The van der Waals surface area contributed by atoms with E-state index in [0.29, 0.717) is 0 Å². The first-order valence-electron chi connectivity index (χ1n) is 7.87. The van der Waals surface area contributed by atoms with Crippen LogP contribution in [-0.4, -0.2) is 66.5 Å². The number of rotatable bonds is 4. The van der Waals surface area contributed by atoms with Gasteiger partial charge in [0.05, 0.1) is 24.3 Å². The standard InChI is InChI=1S/C16H21N3O2.NO3/c1-21-13-2-3-14-15(12-13)17-5-4-16(14)19-8-6-18(7-9-19)10-11-20;2-1(3)4/h2-5,12,20H,6-11H2,1H3;/q;-1. The molecule has 1 aliphatic rings. The number of aliphatic hydroxyl groups is 1. The van der Waals surface area contributed by atoms with Crippen LogP contribution in [0.15, 0.2) is 30.5 Å². The molecule has 1 aliphatic heterocycles. The molecule has 1 N–H and O–H groups in total. The first-order chi connectivity index (χ1) is 12.0. The molecule has 0 aliphatic carbocycles. The van der Waals surface area contributed by atoms with E-state index in [1.807, 2.05) is 18.3 Å². The summed E-state index contributed by atoms with van der Waals surface area (Å²) in [5.74, 6) is 0.833. The number of nitrogens with zero attached hydrogens (tertiary/aromatic N) is 4. The molecule has 0 amide bonds. The first-order valence-corrected chi connectivity index (χ1v) is 7.87. The van der Waals surface area contributed by atoms with Gasteiger partial charge in [0, 0.05) is 56.1 Å². The molecule has 25 heavy (non-hydrogen) atoms. The largest absolute Gasteiger partial charge is 0.497 e. The van der Waals surface area contributed by atoms with Crippen LogP contribution >= 0.6 is 0 Å². The van der Waals surface area contributed by atoms with Crippen molar-refractivity contribution in [2.75, 3.05) is 51.3 Å². The van der Waals surface area contributed by atoms with Crippen molar-refractivity contribution >= 4 is 16.6 Å². The summed E-state index contributed by atoms with van der Waals surface area (Å²) in [5, 5.41) is 24.9. The van der Waals surface area contributed by atoms with Crippen molar-refractivity contribution in [1.82, 2.24) is 9.88 Å². The van der Waals surface area contributed by atoms with Gasteiger partial charge in [0.2, 0.25) is 0 Å². The highest BCUT2D eigenvalue weighted by atomic mass is 16.9. The van der Waals surface area contributed by atoms with Crippen LogP contribution in [0, 0.1) is 15.3 Å². The molecule has 0 radical (unpaired) electrons. The minimum atomic E-state index is -1.75. The Hall–Kier alpha value is -2.65. The molecule has 0 spiro atoms. The summed E-state index contributed by atoms with van der Waals surface area (Å²) < 4.78 is 5.26. The zero-order chi connectivity index (χ0) is 18.2. The fourth-order valence-electron chi connectivity index (χ4n) is 2.87. The van der Waals surface area contributed by atoms with Gasteiger partial charge in [0.15, 0.2) is 0 Å². The lowest BCUT2D eigenvalue weighted by molar-refractivity contribution is -0.402. The second kappa shape index (κ2) is 9.00. The van der Waals surface area contributed by atoms with Gasteiger partial charge in [-0.2, -0.15) is 0 Å². The van der Waals surface area contributed by atoms with Crippen molar-refractivity contribution in [2.24, 2.45) is 0 Å². The maximum atomic E-state index is 9.02. The van der Waals surface area contributed by atoms with E-state index in [-0.39, 0.29) is 6.61 Å². The van der Waals surface area contributed by atoms with Gasteiger partial charge in [0.1, 0.15) is 5.75 Å². The van der Waals surface area contributed by atoms with E-state index in [1.165, 1.54) is 5.69 Å². The Bertz CT molecular complexity index is 700. The summed E-state index contributed by atoms with van der Waals surface area (Å²) in [6.07, 6.45) is 1.86. The normalized spacial score (nSPS) is 14.7. The molecule has 0 unspecified atom stereocenters. The quantitative estimate of drug-likeness (QED) is 0.645. The van der Waals surface area contributed by atoms with Crippen LogP contribution in [0.2, 0.25) is 0 Å². The van der Waals surface area contributed by atoms with Crippen LogP contribution in [0.1, 0.15) is 0 Å². The zero-order valence-electron chi connectivity index (χ0n) is 14.0. The Kier molecular flexibility index (Phi) is 6.72. The molecule has 2 heterocycles. The van der Waals surface area contributed by atoms with Gasteiger partial charge in [-0.3, -0.25) is 9.88 Å². The van der Waals surface area contributed by atoms with Crippen molar-refractivity contribution in [2.45, 2.75) is 0 Å². The summed E-state index contributed by atoms with van der Waals surface area (Å²) in [5.41, 5.74) is 2.19. The number of β-amino-alcohol motifs (C(OH)–C–C–N with tert-alkyl or cyclic N) is 1. The van der Waals surface area contributed by atoms with Gasteiger partial charge in [-0.25, -0.2) is 0 Å². The summed E-state index contributed by atoms with van der Waals surface area (Å²) in [4.78, 5) is 17.4. The van der Waals surface area contributed by atoms with Crippen molar-refractivity contribution in [1.29, 1.82) is 0 Å². The fraction of sp³-hybridized carbons (Fsp3) is 0.438. The molecular weight excluding hydrogens is 328 g/mol. The minimum absolute atomic E-state index is 0.234. The molecule has 136 valence electrons. The molecule has 1 saturated heterocycles. The number of hydrogen-bond acceptors (Lipinski definition) is 8. The Labute approximate surface area is 145 Å². The average molecular weight is 349 g/mol. The number of aliphatic hydroxyl groups excluding tert-OH is 1. The third-order valence-corrected chi connectivity index (χ3v) is 4.06. The third-order valence-electron chi connectivity index (χ3n) is 4.06. The summed E-state index contributed by atoms with van der Waals surface area (Å²) in [6, 6.07) is 8.11. The molecular formula is C16H21N4O5-. The number of hydrogen-bond donors (Lipinski definition) is 1. The lowest BCUT2D eigenvalue weighted by Crippen LogP contribution is -2.47. The van der Waals surface area contributed by atoms with E-state index < -0.39 is 5.09 Å². The molecule has 0 bridgehead atoms. The number of methoxy groups -OCH3 is 1. The Morgan fingerprint density at radius 3 is 2.52 bits per heavy atom. The summed E-state index contributed by atoms with van der Waals surface area (Å²) in [6.45, 7) is 4.93. The smallest absolute Gasteiger partial charge is 0.121 e. The molecule has 0 atom stereocenters. The second-order valence-electron chi connectivity index (χ2n) is 5.49. The SMILES string of the molecule is COc1ccc2c(N3CCN(CCO)CC3)ccnc2c1.O=[N+]([O-])[O-]. The highest BCUT2D eigenvalue weighted by Gasteiger charge is 2.18. The van der Waals surface area contributed by atoms with E-state index in [2.05, 4.69) is 26.9 Å². The zero-order valence-corrected chi connectivity index (χ0v) is 14.0. The highest BCUT2D eigenvalue weighted by molar-refractivity contribution is 5.92. The number of aromatic nitrogens is 1. The first kappa shape index (κ1) is 18.7. The lowest BCUT2D eigenvalue weighted by Gasteiger charge is -2.36. The molecule has 1 fully saturated rings. The molecule has 3 rings (SSSR count). The van der Waals surface area contributed by atoms with Crippen molar-refractivity contribution in [3.05, 3.63) is 45.8 Å². The minimum Gasteiger partial charge on any atom is -0.497 e. The number of pyridine rings is 1. The van der Waals surface area contributed by atoms with Gasteiger partial charge in [0.25, 0.3) is 0 Å². The van der Waals surface area contributed by atoms with E-state index in [0.717, 1.165) is 49.4 Å². The number of piperazine rings is 1. The predicted molar refractivity (Wildman–Crippen MR) is 94.4 cm³/mol. The van der Waals surface area contributed by atoms with Crippen LogP contribution in [0.3, 0.4) is 0 Å². The topological polar surface area (TPSA) is 115 Å². The fourth-order valence-corrected chi connectivity index (χ4v) is 2.87. The van der Waals surface area contributed by atoms with Crippen molar-refractivity contribution in [3.8, 4) is 5.75 Å². The van der Waals surface area contributed by atoms with E-state index in [9.17, 15) is 0 Å². The van der Waals surface area contributed by atoms with E-state index in [1.54, 1.807) is 7.11 Å². The Balaban J connectivity index is 0.000000511. The van der Waals surface area contributed by atoms with Gasteiger partial charge in [-0.05, 0) is 18.2 Å². The van der Waals surface area contributed by atoms with Crippen LogP contribution in [0.5, 0.6) is 5.75 Å². The van der Waals surface area contributed by atoms with E-state index in [4.69, 9.17) is 25.2 Å². The maximum absolute atomic E-state index is 9.02. The van der Waals surface area contributed by atoms with Crippen LogP contribution in [0.4, 0.5) is 5.69 Å².